The fourth-order valence-corrected chi connectivity index (χ4v) is 2.50. The van der Waals surface area contributed by atoms with Crippen LogP contribution in [0.3, 0.4) is 0 Å². The van der Waals surface area contributed by atoms with Crippen molar-refractivity contribution in [3.63, 3.8) is 0 Å². The maximum absolute atomic E-state index is 5.39. The Balaban J connectivity index is 1.85. The number of hydrogen-bond acceptors (Lipinski definition) is 3. The second kappa shape index (κ2) is 7.77. The molecule has 1 N–H and O–H groups in total. The SMILES string of the molecule is CC(C)NCC(C)c1ccc(CN2CCOCC2)cc1. The Kier molecular flexibility index (Phi) is 6.02. The van der Waals surface area contributed by atoms with Gasteiger partial charge in [0, 0.05) is 32.2 Å². The Labute approximate surface area is 123 Å². The highest BCUT2D eigenvalue weighted by Gasteiger charge is 2.11. The molecule has 0 amide bonds. The summed E-state index contributed by atoms with van der Waals surface area (Å²) < 4.78 is 5.39. The lowest BCUT2D eigenvalue weighted by atomic mass is 9.99. The van der Waals surface area contributed by atoms with Crippen LogP contribution >= 0.6 is 0 Å². The van der Waals surface area contributed by atoms with Gasteiger partial charge in [0.15, 0.2) is 0 Å². The minimum Gasteiger partial charge on any atom is -0.379 e. The van der Waals surface area contributed by atoms with E-state index >= 15 is 0 Å². The number of rotatable bonds is 6. The monoisotopic (exact) mass is 276 g/mol. The zero-order valence-electron chi connectivity index (χ0n) is 13.1. The molecule has 112 valence electrons. The first-order valence-corrected chi connectivity index (χ1v) is 7.77. The van der Waals surface area contributed by atoms with Crippen molar-refractivity contribution in [3.8, 4) is 0 Å². The highest BCUT2D eigenvalue weighted by molar-refractivity contribution is 5.25. The minimum atomic E-state index is 0.554. The molecule has 1 unspecified atom stereocenters. The molecule has 0 radical (unpaired) electrons. The number of ether oxygens (including phenoxy) is 1. The van der Waals surface area contributed by atoms with Gasteiger partial charge in [0.25, 0.3) is 0 Å². The quantitative estimate of drug-likeness (QED) is 0.864. The van der Waals surface area contributed by atoms with Crippen LogP contribution in [-0.4, -0.2) is 43.8 Å². The van der Waals surface area contributed by atoms with Crippen molar-refractivity contribution in [2.45, 2.75) is 39.3 Å². The number of nitrogens with zero attached hydrogens (tertiary/aromatic N) is 1. The van der Waals surface area contributed by atoms with Gasteiger partial charge in [0.1, 0.15) is 0 Å². The zero-order chi connectivity index (χ0) is 14.4. The fourth-order valence-electron chi connectivity index (χ4n) is 2.50. The first-order valence-electron chi connectivity index (χ1n) is 7.77. The van der Waals surface area contributed by atoms with Crippen LogP contribution in [0.2, 0.25) is 0 Å². The van der Waals surface area contributed by atoms with Crippen molar-refractivity contribution in [1.82, 2.24) is 10.2 Å². The van der Waals surface area contributed by atoms with Gasteiger partial charge < -0.3 is 10.1 Å². The lowest BCUT2D eigenvalue weighted by Gasteiger charge is -2.26. The first kappa shape index (κ1) is 15.5. The van der Waals surface area contributed by atoms with E-state index in [9.17, 15) is 0 Å². The van der Waals surface area contributed by atoms with Crippen molar-refractivity contribution < 1.29 is 4.74 Å². The predicted octanol–water partition coefficient (Wildman–Crippen LogP) is 2.62. The molecule has 1 aromatic carbocycles. The number of hydrogen-bond donors (Lipinski definition) is 1. The summed E-state index contributed by atoms with van der Waals surface area (Å²) in [5.74, 6) is 0.565. The zero-order valence-corrected chi connectivity index (χ0v) is 13.1. The van der Waals surface area contributed by atoms with Crippen LogP contribution < -0.4 is 5.32 Å². The van der Waals surface area contributed by atoms with Crippen molar-refractivity contribution in [1.29, 1.82) is 0 Å². The summed E-state index contributed by atoms with van der Waals surface area (Å²) in [7, 11) is 0. The lowest BCUT2D eigenvalue weighted by Crippen LogP contribution is -2.35. The van der Waals surface area contributed by atoms with Gasteiger partial charge in [0.05, 0.1) is 13.2 Å². The average Bonchev–Trinajstić information content (AvgIpc) is 2.46. The first-order chi connectivity index (χ1) is 9.65. The molecule has 3 heteroatoms. The molecule has 1 aliphatic heterocycles. The lowest BCUT2D eigenvalue weighted by molar-refractivity contribution is 0.0342. The van der Waals surface area contributed by atoms with Gasteiger partial charge in [-0.25, -0.2) is 0 Å². The third-order valence-corrected chi connectivity index (χ3v) is 3.89. The van der Waals surface area contributed by atoms with E-state index in [0.29, 0.717) is 12.0 Å². The highest BCUT2D eigenvalue weighted by atomic mass is 16.5. The molecule has 0 aliphatic carbocycles. The maximum atomic E-state index is 5.39. The van der Waals surface area contributed by atoms with Crippen LogP contribution in [0, 0.1) is 0 Å². The van der Waals surface area contributed by atoms with E-state index in [2.05, 4.69) is 55.3 Å². The van der Waals surface area contributed by atoms with Crippen LogP contribution in [0.5, 0.6) is 0 Å². The maximum Gasteiger partial charge on any atom is 0.0594 e. The second-order valence-corrected chi connectivity index (χ2v) is 6.09. The largest absolute Gasteiger partial charge is 0.379 e. The second-order valence-electron chi connectivity index (χ2n) is 6.09. The number of nitrogens with one attached hydrogen (secondary N) is 1. The molecular formula is C17H28N2O. The molecule has 0 spiro atoms. The van der Waals surface area contributed by atoms with E-state index < -0.39 is 0 Å². The van der Waals surface area contributed by atoms with Gasteiger partial charge in [0.2, 0.25) is 0 Å². The summed E-state index contributed by atoms with van der Waals surface area (Å²) in [6.07, 6.45) is 0. The molecule has 0 aromatic heterocycles. The van der Waals surface area contributed by atoms with Crippen molar-refractivity contribution in [2.75, 3.05) is 32.8 Å². The van der Waals surface area contributed by atoms with Crippen molar-refractivity contribution >= 4 is 0 Å². The van der Waals surface area contributed by atoms with E-state index in [1.165, 1.54) is 11.1 Å². The normalized spacial score (nSPS) is 18.4. The third-order valence-electron chi connectivity index (χ3n) is 3.89. The fraction of sp³-hybridized carbons (Fsp3) is 0.647. The van der Waals surface area contributed by atoms with Gasteiger partial charge in [-0.2, -0.15) is 0 Å². The Bertz CT molecular complexity index is 382. The summed E-state index contributed by atoms with van der Waals surface area (Å²) in [6.45, 7) is 12.6. The van der Waals surface area contributed by atoms with Crippen molar-refractivity contribution in [2.24, 2.45) is 0 Å². The molecule has 1 heterocycles. The van der Waals surface area contributed by atoms with Gasteiger partial charge in [-0.1, -0.05) is 45.0 Å². The smallest absolute Gasteiger partial charge is 0.0594 e. The molecular weight excluding hydrogens is 248 g/mol. The average molecular weight is 276 g/mol. The summed E-state index contributed by atoms with van der Waals surface area (Å²) in [5, 5.41) is 3.50. The van der Waals surface area contributed by atoms with Crippen LogP contribution in [0.25, 0.3) is 0 Å². The Morgan fingerprint density at radius 2 is 1.75 bits per heavy atom. The molecule has 1 aliphatic rings. The van der Waals surface area contributed by atoms with E-state index in [-0.39, 0.29) is 0 Å². The van der Waals surface area contributed by atoms with Gasteiger partial charge in [-0.15, -0.1) is 0 Å². The molecule has 1 fully saturated rings. The van der Waals surface area contributed by atoms with E-state index in [4.69, 9.17) is 4.74 Å². The van der Waals surface area contributed by atoms with Crippen molar-refractivity contribution in [3.05, 3.63) is 35.4 Å². The van der Waals surface area contributed by atoms with Crippen LogP contribution in [0.15, 0.2) is 24.3 Å². The Morgan fingerprint density at radius 1 is 1.10 bits per heavy atom. The Hall–Kier alpha value is -0.900. The summed E-state index contributed by atoms with van der Waals surface area (Å²) in [6, 6.07) is 9.66. The number of benzene rings is 1. The van der Waals surface area contributed by atoms with Crippen LogP contribution in [0.1, 0.15) is 37.8 Å². The molecule has 1 saturated heterocycles. The molecule has 0 bridgehead atoms. The highest BCUT2D eigenvalue weighted by Crippen LogP contribution is 2.16. The topological polar surface area (TPSA) is 24.5 Å². The summed E-state index contributed by atoms with van der Waals surface area (Å²) in [4.78, 5) is 2.46. The van der Waals surface area contributed by atoms with E-state index in [1.807, 2.05) is 0 Å². The van der Waals surface area contributed by atoms with Gasteiger partial charge in [-0.3, -0.25) is 4.90 Å². The molecule has 1 atom stereocenters. The van der Waals surface area contributed by atoms with Crippen LogP contribution in [-0.2, 0) is 11.3 Å². The number of morpholine rings is 1. The van der Waals surface area contributed by atoms with Gasteiger partial charge in [-0.05, 0) is 17.0 Å². The predicted molar refractivity (Wildman–Crippen MR) is 84.1 cm³/mol. The molecule has 0 saturated carbocycles. The molecule has 3 nitrogen and oxygen atoms in total. The summed E-state index contributed by atoms with van der Waals surface area (Å²) in [5.41, 5.74) is 2.82. The van der Waals surface area contributed by atoms with Gasteiger partial charge >= 0.3 is 0 Å². The Morgan fingerprint density at radius 3 is 2.35 bits per heavy atom. The molecule has 20 heavy (non-hydrogen) atoms. The molecule has 2 rings (SSSR count). The van der Waals surface area contributed by atoms with E-state index in [1.54, 1.807) is 0 Å². The standard InChI is InChI=1S/C17H28N2O/c1-14(2)18-12-15(3)17-6-4-16(5-7-17)13-19-8-10-20-11-9-19/h4-7,14-15,18H,8-13H2,1-3H3. The van der Waals surface area contributed by atoms with Crippen LogP contribution in [0.4, 0.5) is 0 Å². The van der Waals surface area contributed by atoms with E-state index in [0.717, 1.165) is 39.4 Å². The minimum absolute atomic E-state index is 0.554. The molecule has 1 aromatic rings. The third kappa shape index (κ3) is 4.89. The summed E-state index contributed by atoms with van der Waals surface area (Å²) >= 11 is 0.